The fourth-order valence-corrected chi connectivity index (χ4v) is 3.43. The minimum atomic E-state index is 0.680. The summed E-state index contributed by atoms with van der Waals surface area (Å²) in [5.41, 5.74) is 5.49. The third-order valence-electron chi connectivity index (χ3n) is 4.80. The van der Waals surface area contributed by atoms with Crippen LogP contribution in [0.4, 0.5) is 5.69 Å². The van der Waals surface area contributed by atoms with Gasteiger partial charge in [0, 0.05) is 24.8 Å². The molecule has 4 rings (SSSR count). The van der Waals surface area contributed by atoms with Crippen molar-refractivity contribution in [2.45, 2.75) is 6.54 Å². The van der Waals surface area contributed by atoms with Crippen LogP contribution in [-0.4, -0.2) is 23.6 Å². The van der Waals surface area contributed by atoms with Crippen molar-refractivity contribution in [2.24, 2.45) is 0 Å². The van der Waals surface area contributed by atoms with Gasteiger partial charge in [-0.3, -0.25) is 0 Å². The molecule has 0 atom stereocenters. The summed E-state index contributed by atoms with van der Waals surface area (Å²) in [6.45, 7) is 0.680. The molecule has 1 heterocycles. The van der Waals surface area contributed by atoms with Crippen molar-refractivity contribution < 1.29 is 0 Å². The minimum absolute atomic E-state index is 0.680. The van der Waals surface area contributed by atoms with Gasteiger partial charge >= 0.3 is 0 Å². The molecule has 0 saturated heterocycles. The molecule has 4 aromatic rings. The normalized spacial score (nSPS) is 11.4. The lowest BCUT2D eigenvalue weighted by molar-refractivity contribution is 0.814. The highest BCUT2D eigenvalue weighted by molar-refractivity contribution is 6.31. The lowest BCUT2D eigenvalue weighted by Gasteiger charge is -2.11. The van der Waals surface area contributed by atoms with Crippen molar-refractivity contribution in [1.29, 1.82) is 0 Å². The van der Waals surface area contributed by atoms with E-state index in [1.807, 2.05) is 50.5 Å². The Kier molecular flexibility index (Phi) is 5.18. The molecule has 0 aliphatic rings. The number of hydrogen-bond donors (Lipinski definition) is 0. The van der Waals surface area contributed by atoms with E-state index in [2.05, 4.69) is 58.0 Å². The highest BCUT2D eigenvalue weighted by Gasteiger charge is 2.10. The Hall–Kier alpha value is -3.04. The van der Waals surface area contributed by atoms with Gasteiger partial charge in [0.2, 0.25) is 0 Å². The molecule has 0 N–H and O–H groups in total. The zero-order valence-electron chi connectivity index (χ0n) is 16.0. The Labute approximate surface area is 170 Å². The molecule has 0 aliphatic heterocycles. The van der Waals surface area contributed by atoms with Crippen molar-refractivity contribution in [3.63, 3.8) is 0 Å². The van der Waals surface area contributed by atoms with Gasteiger partial charge in [-0.1, -0.05) is 60.1 Å². The molecule has 0 spiro atoms. The molecule has 3 nitrogen and oxygen atoms in total. The summed E-state index contributed by atoms with van der Waals surface area (Å²) in [5.74, 6) is 0.915. The van der Waals surface area contributed by atoms with E-state index >= 15 is 0 Å². The summed E-state index contributed by atoms with van der Waals surface area (Å²) in [4.78, 5) is 6.92. The second-order valence-electron chi connectivity index (χ2n) is 6.96. The molecule has 1 aromatic heterocycles. The van der Waals surface area contributed by atoms with Crippen LogP contribution in [0.25, 0.3) is 23.2 Å². The van der Waals surface area contributed by atoms with Crippen molar-refractivity contribution in [3.05, 3.63) is 94.8 Å². The van der Waals surface area contributed by atoms with Gasteiger partial charge in [-0.2, -0.15) is 0 Å². The topological polar surface area (TPSA) is 21.1 Å². The van der Waals surface area contributed by atoms with E-state index in [0.717, 1.165) is 33.0 Å². The van der Waals surface area contributed by atoms with Crippen molar-refractivity contribution in [2.75, 3.05) is 19.0 Å². The standard InChI is InChI=1S/C24H22ClN3/c1-27(2)20-14-11-18(12-15-20)13-16-24-26-22-9-5-6-10-23(22)28(24)17-19-7-3-4-8-21(19)25/h3-16H,17H2,1-2H3/b16-13+. The maximum absolute atomic E-state index is 6.40. The number of anilines is 1. The first-order chi connectivity index (χ1) is 13.6. The van der Waals surface area contributed by atoms with Crippen LogP contribution in [0.1, 0.15) is 17.0 Å². The average molecular weight is 388 g/mol. The highest BCUT2D eigenvalue weighted by atomic mass is 35.5. The Balaban J connectivity index is 1.71. The number of para-hydroxylation sites is 2. The van der Waals surface area contributed by atoms with Gasteiger partial charge in [0.1, 0.15) is 5.82 Å². The van der Waals surface area contributed by atoms with Gasteiger partial charge in [-0.15, -0.1) is 0 Å². The van der Waals surface area contributed by atoms with Crippen molar-refractivity contribution in [3.8, 4) is 0 Å². The number of aromatic nitrogens is 2. The maximum Gasteiger partial charge on any atom is 0.134 e. The lowest BCUT2D eigenvalue weighted by Crippen LogP contribution is -2.07. The predicted molar refractivity (Wildman–Crippen MR) is 120 cm³/mol. The summed E-state index contributed by atoms with van der Waals surface area (Å²) in [5, 5.41) is 0.773. The van der Waals surface area contributed by atoms with Crippen LogP contribution in [-0.2, 0) is 6.54 Å². The molecule has 0 unspecified atom stereocenters. The number of halogens is 1. The number of hydrogen-bond acceptors (Lipinski definition) is 2. The van der Waals surface area contributed by atoms with E-state index in [1.165, 1.54) is 5.69 Å². The fraction of sp³-hybridized carbons (Fsp3) is 0.125. The van der Waals surface area contributed by atoms with E-state index < -0.39 is 0 Å². The predicted octanol–water partition coefficient (Wildman–Crippen LogP) is 5.97. The van der Waals surface area contributed by atoms with Gasteiger partial charge in [0.05, 0.1) is 17.6 Å². The zero-order chi connectivity index (χ0) is 19.5. The van der Waals surface area contributed by atoms with E-state index in [9.17, 15) is 0 Å². The van der Waals surface area contributed by atoms with Crippen LogP contribution >= 0.6 is 11.6 Å². The van der Waals surface area contributed by atoms with E-state index in [1.54, 1.807) is 0 Å². The molecule has 140 valence electrons. The Morgan fingerprint density at radius 2 is 1.61 bits per heavy atom. The van der Waals surface area contributed by atoms with Crippen LogP contribution in [0.3, 0.4) is 0 Å². The number of benzene rings is 3. The number of rotatable bonds is 5. The van der Waals surface area contributed by atoms with E-state index in [-0.39, 0.29) is 0 Å². The van der Waals surface area contributed by atoms with Gasteiger partial charge in [-0.25, -0.2) is 4.98 Å². The van der Waals surface area contributed by atoms with Gasteiger partial charge in [0.15, 0.2) is 0 Å². The maximum atomic E-state index is 6.40. The van der Waals surface area contributed by atoms with Crippen LogP contribution < -0.4 is 4.90 Å². The second-order valence-corrected chi connectivity index (χ2v) is 7.36. The Morgan fingerprint density at radius 1 is 0.893 bits per heavy atom. The summed E-state index contributed by atoms with van der Waals surface area (Å²) in [6.07, 6.45) is 4.17. The summed E-state index contributed by atoms with van der Waals surface area (Å²) >= 11 is 6.40. The number of imidazole rings is 1. The van der Waals surface area contributed by atoms with E-state index in [0.29, 0.717) is 6.54 Å². The summed E-state index contributed by atoms with van der Waals surface area (Å²) in [7, 11) is 4.09. The molecule has 0 aliphatic carbocycles. The van der Waals surface area contributed by atoms with Crippen LogP contribution in [0.2, 0.25) is 5.02 Å². The molecule has 3 aromatic carbocycles. The molecule has 0 radical (unpaired) electrons. The lowest BCUT2D eigenvalue weighted by atomic mass is 10.2. The first kappa shape index (κ1) is 18.3. The second kappa shape index (κ2) is 7.91. The monoisotopic (exact) mass is 387 g/mol. The van der Waals surface area contributed by atoms with E-state index in [4.69, 9.17) is 16.6 Å². The minimum Gasteiger partial charge on any atom is -0.378 e. The molecule has 0 amide bonds. The largest absolute Gasteiger partial charge is 0.378 e. The van der Waals surface area contributed by atoms with Crippen molar-refractivity contribution >= 4 is 40.5 Å². The summed E-state index contributed by atoms with van der Waals surface area (Å²) in [6, 6.07) is 24.6. The van der Waals surface area contributed by atoms with Crippen LogP contribution in [0.5, 0.6) is 0 Å². The number of nitrogens with zero attached hydrogens (tertiary/aromatic N) is 3. The molecule has 0 bridgehead atoms. The molecular formula is C24H22ClN3. The third-order valence-corrected chi connectivity index (χ3v) is 5.17. The molecule has 0 saturated carbocycles. The van der Waals surface area contributed by atoms with Crippen molar-refractivity contribution in [1.82, 2.24) is 9.55 Å². The van der Waals surface area contributed by atoms with Gasteiger partial charge in [-0.05, 0) is 47.5 Å². The zero-order valence-corrected chi connectivity index (χ0v) is 16.8. The first-order valence-corrected chi connectivity index (χ1v) is 9.64. The molecule has 0 fully saturated rings. The number of fused-ring (bicyclic) bond motifs is 1. The smallest absolute Gasteiger partial charge is 0.134 e. The molecular weight excluding hydrogens is 366 g/mol. The van der Waals surface area contributed by atoms with Crippen LogP contribution in [0, 0.1) is 0 Å². The van der Waals surface area contributed by atoms with Crippen LogP contribution in [0.15, 0.2) is 72.8 Å². The fourth-order valence-electron chi connectivity index (χ4n) is 3.24. The molecule has 4 heteroatoms. The first-order valence-electron chi connectivity index (χ1n) is 9.26. The Morgan fingerprint density at radius 3 is 2.36 bits per heavy atom. The average Bonchev–Trinajstić information content (AvgIpc) is 3.06. The Bertz CT molecular complexity index is 1120. The summed E-state index contributed by atoms with van der Waals surface area (Å²) < 4.78 is 2.21. The molecule has 28 heavy (non-hydrogen) atoms. The third kappa shape index (κ3) is 3.80. The quantitative estimate of drug-likeness (QED) is 0.420. The SMILES string of the molecule is CN(C)c1ccc(/C=C/c2nc3ccccc3n2Cc2ccccc2Cl)cc1. The highest BCUT2D eigenvalue weighted by Crippen LogP contribution is 2.23. The van der Waals surface area contributed by atoms with Gasteiger partial charge in [0.25, 0.3) is 0 Å². The van der Waals surface area contributed by atoms with Gasteiger partial charge < -0.3 is 9.47 Å².